The van der Waals surface area contributed by atoms with Crippen LogP contribution in [0, 0.1) is 0 Å². The number of hydrogen-bond donors (Lipinski definition) is 0. The Balaban J connectivity index is 1.90. The lowest BCUT2D eigenvalue weighted by Crippen LogP contribution is -2.45. The zero-order valence-corrected chi connectivity index (χ0v) is 13.1. The normalized spacial score (nSPS) is 16.3. The Hall–Kier alpha value is -1.92. The highest BCUT2D eigenvalue weighted by Crippen LogP contribution is 2.18. The molecule has 0 aromatic heterocycles. The maximum atomic E-state index is 11.6. The van der Waals surface area contributed by atoms with Crippen molar-refractivity contribution in [2.24, 2.45) is 0 Å². The summed E-state index contributed by atoms with van der Waals surface area (Å²) in [6.45, 7) is 5.61. The lowest BCUT2D eigenvalue weighted by molar-refractivity contribution is 0.0597. The molecule has 0 atom stereocenters. The van der Waals surface area contributed by atoms with E-state index in [1.807, 2.05) is 0 Å². The number of nitrogens with zero attached hydrogens (tertiary/aromatic N) is 2. The molecular formula is C16H22N2O4. The average molecular weight is 306 g/mol. The number of piperazine rings is 1. The van der Waals surface area contributed by atoms with Gasteiger partial charge in [-0.15, -0.1) is 0 Å². The van der Waals surface area contributed by atoms with E-state index in [2.05, 4.69) is 21.6 Å². The molecule has 1 heterocycles. The van der Waals surface area contributed by atoms with Crippen LogP contribution in [0.1, 0.15) is 20.7 Å². The summed E-state index contributed by atoms with van der Waals surface area (Å²) < 4.78 is 10.4. The van der Waals surface area contributed by atoms with E-state index in [-0.39, 0.29) is 5.56 Å². The van der Waals surface area contributed by atoms with Crippen molar-refractivity contribution >= 4 is 12.3 Å². The van der Waals surface area contributed by atoms with Gasteiger partial charge in [-0.2, -0.15) is 0 Å². The number of carbonyl (C=O) groups is 2. The second kappa shape index (κ2) is 7.91. The van der Waals surface area contributed by atoms with Gasteiger partial charge in [-0.3, -0.25) is 9.69 Å². The van der Waals surface area contributed by atoms with Gasteiger partial charge in [0.15, 0.2) is 6.29 Å². The Labute approximate surface area is 130 Å². The van der Waals surface area contributed by atoms with E-state index in [0.717, 1.165) is 32.7 Å². The maximum Gasteiger partial charge on any atom is 0.338 e. The molecule has 1 saturated heterocycles. The van der Waals surface area contributed by atoms with Crippen molar-refractivity contribution in [2.75, 3.05) is 53.5 Å². The van der Waals surface area contributed by atoms with Crippen molar-refractivity contribution in [3.8, 4) is 5.75 Å². The van der Waals surface area contributed by atoms with E-state index in [0.29, 0.717) is 24.2 Å². The van der Waals surface area contributed by atoms with Gasteiger partial charge in [0.25, 0.3) is 0 Å². The highest BCUT2D eigenvalue weighted by atomic mass is 16.5. The minimum absolute atomic E-state index is 0.231. The largest absolute Gasteiger partial charge is 0.492 e. The topological polar surface area (TPSA) is 59.1 Å². The first kappa shape index (κ1) is 16.5. The molecule has 1 fully saturated rings. The van der Waals surface area contributed by atoms with Crippen molar-refractivity contribution in [3.05, 3.63) is 29.3 Å². The molecule has 0 aliphatic carbocycles. The van der Waals surface area contributed by atoms with Gasteiger partial charge in [0, 0.05) is 38.3 Å². The van der Waals surface area contributed by atoms with Crippen molar-refractivity contribution in [1.29, 1.82) is 0 Å². The minimum atomic E-state index is -0.536. The summed E-state index contributed by atoms with van der Waals surface area (Å²) in [6.07, 6.45) is 0.639. The summed E-state index contributed by atoms with van der Waals surface area (Å²) in [4.78, 5) is 27.2. The van der Waals surface area contributed by atoms with Gasteiger partial charge >= 0.3 is 5.97 Å². The van der Waals surface area contributed by atoms with Crippen LogP contribution in [0.4, 0.5) is 0 Å². The van der Waals surface area contributed by atoms with Crippen LogP contribution in [-0.4, -0.2) is 75.5 Å². The van der Waals surface area contributed by atoms with Crippen molar-refractivity contribution in [3.63, 3.8) is 0 Å². The summed E-state index contributed by atoms with van der Waals surface area (Å²) in [5, 5.41) is 0. The highest BCUT2D eigenvalue weighted by Gasteiger charge is 2.15. The third kappa shape index (κ3) is 4.29. The number of likely N-dealkylation sites (N-methyl/N-ethyl adjacent to an activating group) is 1. The fraction of sp³-hybridized carbons (Fsp3) is 0.500. The van der Waals surface area contributed by atoms with Crippen molar-refractivity contribution < 1.29 is 19.1 Å². The molecule has 6 heteroatoms. The molecule has 0 bridgehead atoms. The molecule has 2 rings (SSSR count). The van der Waals surface area contributed by atoms with Gasteiger partial charge < -0.3 is 14.4 Å². The summed E-state index contributed by atoms with van der Waals surface area (Å²) in [6, 6.07) is 4.82. The average Bonchev–Trinajstić information content (AvgIpc) is 2.56. The van der Waals surface area contributed by atoms with E-state index in [4.69, 9.17) is 4.74 Å². The van der Waals surface area contributed by atoms with Crippen LogP contribution < -0.4 is 4.74 Å². The molecule has 120 valence electrons. The molecule has 0 unspecified atom stereocenters. The number of benzene rings is 1. The standard InChI is InChI=1S/C16H22N2O4/c1-17-5-7-18(8-6-17)9-10-22-14-4-3-13(12-19)15(11-14)16(20)21-2/h3-4,11-12H,5-10H2,1-2H3. The molecule has 1 aromatic rings. The third-order valence-electron chi connectivity index (χ3n) is 3.83. The predicted molar refractivity (Wildman–Crippen MR) is 82.6 cm³/mol. The molecule has 1 aliphatic heterocycles. The lowest BCUT2D eigenvalue weighted by atomic mass is 10.1. The summed E-state index contributed by atoms with van der Waals surface area (Å²) in [7, 11) is 3.41. The molecule has 6 nitrogen and oxygen atoms in total. The number of hydrogen-bond acceptors (Lipinski definition) is 6. The molecule has 1 aliphatic rings. The number of ether oxygens (including phenoxy) is 2. The Morgan fingerprint density at radius 3 is 2.64 bits per heavy atom. The first-order valence-electron chi connectivity index (χ1n) is 7.35. The van der Waals surface area contributed by atoms with E-state index in [1.54, 1.807) is 18.2 Å². The van der Waals surface area contributed by atoms with Crippen LogP contribution in [0.15, 0.2) is 18.2 Å². The molecule has 0 amide bonds. The zero-order chi connectivity index (χ0) is 15.9. The van der Waals surface area contributed by atoms with Gasteiger partial charge in [-0.25, -0.2) is 4.79 Å². The van der Waals surface area contributed by atoms with E-state index < -0.39 is 5.97 Å². The van der Waals surface area contributed by atoms with Crippen LogP contribution in [0.5, 0.6) is 5.75 Å². The van der Waals surface area contributed by atoms with Gasteiger partial charge in [0.05, 0.1) is 12.7 Å². The van der Waals surface area contributed by atoms with E-state index in [9.17, 15) is 9.59 Å². The number of rotatable bonds is 6. The maximum absolute atomic E-state index is 11.6. The van der Waals surface area contributed by atoms with E-state index >= 15 is 0 Å². The van der Waals surface area contributed by atoms with Gasteiger partial charge in [-0.1, -0.05) is 0 Å². The molecule has 22 heavy (non-hydrogen) atoms. The van der Waals surface area contributed by atoms with Crippen molar-refractivity contribution in [1.82, 2.24) is 9.80 Å². The fourth-order valence-electron chi connectivity index (χ4n) is 2.38. The first-order valence-corrected chi connectivity index (χ1v) is 7.35. The number of aldehydes is 1. The van der Waals surface area contributed by atoms with Gasteiger partial charge in [-0.05, 0) is 25.2 Å². The molecule has 0 spiro atoms. The minimum Gasteiger partial charge on any atom is -0.492 e. The third-order valence-corrected chi connectivity index (χ3v) is 3.83. The first-order chi connectivity index (χ1) is 10.6. The SMILES string of the molecule is COC(=O)c1cc(OCCN2CCN(C)CC2)ccc1C=O. The van der Waals surface area contributed by atoms with Crippen LogP contribution in [-0.2, 0) is 4.74 Å². The Kier molecular flexibility index (Phi) is 5.91. The van der Waals surface area contributed by atoms with Crippen LogP contribution in [0.3, 0.4) is 0 Å². The molecule has 0 N–H and O–H groups in total. The summed E-state index contributed by atoms with van der Waals surface area (Å²) in [5.41, 5.74) is 0.535. The lowest BCUT2D eigenvalue weighted by Gasteiger charge is -2.32. The van der Waals surface area contributed by atoms with E-state index in [1.165, 1.54) is 7.11 Å². The monoisotopic (exact) mass is 306 g/mol. The van der Waals surface area contributed by atoms with Crippen LogP contribution in [0.2, 0.25) is 0 Å². The summed E-state index contributed by atoms with van der Waals surface area (Å²) >= 11 is 0. The number of carbonyl (C=O) groups excluding carboxylic acids is 2. The zero-order valence-electron chi connectivity index (χ0n) is 13.1. The quantitative estimate of drug-likeness (QED) is 0.575. The van der Waals surface area contributed by atoms with Crippen LogP contribution >= 0.6 is 0 Å². The Morgan fingerprint density at radius 1 is 1.27 bits per heavy atom. The summed E-state index contributed by atoms with van der Waals surface area (Å²) in [5.74, 6) is 0.0340. The number of esters is 1. The Morgan fingerprint density at radius 2 is 2.00 bits per heavy atom. The Bertz CT molecular complexity index is 525. The van der Waals surface area contributed by atoms with Gasteiger partial charge in [0.2, 0.25) is 0 Å². The molecule has 0 saturated carbocycles. The second-order valence-corrected chi connectivity index (χ2v) is 5.35. The predicted octanol–water partition coefficient (Wildman–Crippen LogP) is 0.912. The highest BCUT2D eigenvalue weighted by molar-refractivity contribution is 5.98. The molecule has 1 aromatic carbocycles. The molecular weight excluding hydrogens is 284 g/mol. The molecule has 0 radical (unpaired) electrons. The second-order valence-electron chi connectivity index (χ2n) is 5.35. The van der Waals surface area contributed by atoms with Crippen molar-refractivity contribution in [2.45, 2.75) is 0 Å². The fourth-order valence-corrected chi connectivity index (χ4v) is 2.38. The van der Waals surface area contributed by atoms with Crippen LogP contribution in [0.25, 0.3) is 0 Å². The van der Waals surface area contributed by atoms with Gasteiger partial charge in [0.1, 0.15) is 12.4 Å². The smallest absolute Gasteiger partial charge is 0.338 e. The number of methoxy groups -OCH3 is 1.